The van der Waals surface area contributed by atoms with E-state index in [0.717, 1.165) is 10.8 Å². The van der Waals surface area contributed by atoms with Crippen molar-refractivity contribution in [2.45, 2.75) is 23.1 Å². The predicted octanol–water partition coefficient (Wildman–Crippen LogP) is 3.39. The zero-order valence-electron chi connectivity index (χ0n) is 11.2. The lowest BCUT2D eigenvalue weighted by molar-refractivity contribution is 0.227. The molecule has 6 heteroatoms. The molecule has 0 unspecified atom stereocenters. The summed E-state index contributed by atoms with van der Waals surface area (Å²) in [5.41, 5.74) is 0. The van der Waals surface area contributed by atoms with Crippen LogP contribution in [0.1, 0.15) is 12.8 Å². The number of hydrogen-bond acceptors (Lipinski definition) is 3. The van der Waals surface area contributed by atoms with Gasteiger partial charge in [0.1, 0.15) is 5.37 Å². The van der Waals surface area contributed by atoms with E-state index < -0.39 is 20.6 Å². The molecular weight excluding hydrogens is 310 g/mol. The second kappa shape index (κ2) is 5.31. The Kier molecular flexibility index (Phi) is 3.63. The maximum absolute atomic E-state index is 12.7. The third-order valence-electron chi connectivity index (χ3n) is 3.83. The van der Waals surface area contributed by atoms with Gasteiger partial charge in [-0.05, 0) is 47.3 Å². The number of hydrogen-bond donors (Lipinski definition) is 0. The Morgan fingerprint density at radius 1 is 1.14 bits per heavy atom. The molecule has 0 N–H and O–H groups in total. The fraction of sp³-hybridized carbons (Fsp3) is 0.267. The Morgan fingerprint density at radius 2 is 1.86 bits per heavy atom. The van der Waals surface area contributed by atoms with Crippen LogP contribution in [0.3, 0.4) is 0 Å². The molecule has 2 aromatic rings. The third kappa shape index (κ3) is 2.51. The maximum Gasteiger partial charge on any atom is 0.317 e. The second-order valence-electron chi connectivity index (χ2n) is 5.10. The number of amides is 1. The lowest BCUT2D eigenvalue weighted by Crippen LogP contribution is -2.37. The van der Waals surface area contributed by atoms with Gasteiger partial charge < -0.3 is 4.90 Å². The molecule has 0 aromatic heterocycles. The van der Waals surface area contributed by atoms with Crippen LogP contribution < -0.4 is 0 Å². The number of nitrogens with zero attached hydrogens (tertiary/aromatic N) is 1. The van der Waals surface area contributed by atoms with Gasteiger partial charge in [-0.2, -0.15) is 0 Å². The van der Waals surface area contributed by atoms with Gasteiger partial charge in [0.25, 0.3) is 0 Å². The van der Waals surface area contributed by atoms with Gasteiger partial charge in [0.05, 0.1) is 4.90 Å². The van der Waals surface area contributed by atoms with Crippen molar-refractivity contribution in [2.24, 2.45) is 0 Å². The first-order chi connectivity index (χ1) is 10.00. The first-order valence-corrected chi connectivity index (χ1v) is 8.61. The summed E-state index contributed by atoms with van der Waals surface area (Å²) in [6.45, 7) is 0.389. The van der Waals surface area contributed by atoms with Gasteiger partial charge in [-0.3, -0.25) is 4.79 Å². The van der Waals surface area contributed by atoms with Crippen LogP contribution in [0.2, 0.25) is 0 Å². The van der Waals surface area contributed by atoms with Gasteiger partial charge in [0.2, 0.25) is 0 Å². The molecule has 1 fully saturated rings. The summed E-state index contributed by atoms with van der Waals surface area (Å²) in [7, 11) is -3.60. The molecule has 1 atom stereocenters. The summed E-state index contributed by atoms with van der Waals surface area (Å²) in [4.78, 5) is 12.8. The summed E-state index contributed by atoms with van der Waals surface area (Å²) < 4.78 is 25.5. The molecule has 0 bridgehead atoms. The molecule has 1 heterocycles. The number of sulfone groups is 1. The second-order valence-corrected chi connectivity index (χ2v) is 7.53. The van der Waals surface area contributed by atoms with Gasteiger partial charge in [0, 0.05) is 6.54 Å². The molecular formula is C15H14ClNO3S. The normalized spacial score (nSPS) is 19.1. The van der Waals surface area contributed by atoms with E-state index in [9.17, 15) is 13.2 Å². The van der Waals surface area contributed by atoms with Crippen LogP contribution in [0, 0.1) is 0 Å². The largest absolute Gasteiger partial charge is 0.317 e. The number of rotatable bonds is 2. The highest BCUT2D eigenvalue weighted by molar-refractivity contribution is 7.92. The van der Waals surface area contributed by atoms with Crippen LogP contribution in [0.25, 0.3) is 10.8 Å². The molecule has 4 nitrogen and oxygen atoms in total. The molecule has 21 heavy (non-hydrogen) atoms. The van der Waals surface area contributed by atoms with Crippen LogP contribution in [0.5, 0.6) is 0 Å². The summed E-state index contributed by atoms with van der Waals surface area (Å²) in [6, 6.07) is 12.6. The number of benzene rings is 2. The van der Waals surface area contributed by atoms with Crippen molar-refractivity contribution in [1.29, 1.82) is 0 Å². The van der Waals surface area contributed by atoms with Gasteiger partial charge in [0.15, 0.2) is 9.84 Å². The Hall–Kier alpha value is -1.59. The van der Waals surface area contributed by atoms with Crippen LogP contribution in [-0.2, 0) is 9.84 Å². The highest BCUT2D eigenvalue weighted by atomic mass is 35.5. The van der Waals surface area contributed by atoms with E-state index in [2.05, 4.69) is 0 Å². The van der Waals surface area contributed by atoms with Crippen molar-refractivity contribution in [1.82, 2.24) is 4.90 Å². The monoisotopic (exact) mass is 323 g/mol. The first kappa shape index (κ1) is 14.4. The average molecular weight is 324 g/mol. The molecule has 1 amide bonds. The minimum atomic E-state index is -3.60. The molecule has 0 aliphatic carbocycles. The van der Waals surface area contributed by atoms with Crippen molar-refractivity contribution < 1.29 is 13.2 Å². The maximum atomic E-state index is 12.7. The summed E-state index contributed by atoms with van der Waals surface area (Å²) in [6.07, 6.45) is 1.07. The fourth-order valence-electron chi connectivity index (χ4n) is 2.76. The van der Waals surface area contributed by atoms with Crippen LogP contribution in [-0.4, -0.2) is 30.6 Å². The zero-order chi connectivity index (χ0) is 15.0. The van der Waals surface area contributed by atoms with E-state index in [1.807, 2.05) is 24.3 Å². The molecule has 3 rings (SSSR count). The van der Waals surface area contributed by atoms with Crippen molar-refractivity contribution in [3.8, 4) is 0 Å². The number of likely N-dealkylation sites (tertiary alicyclic amines) is 1. The van der Waals surface area contributed by atoms with E-state index >= 15 is 0 Å². The van der Waals surface area contributed by atoms with E-state index in [-0.39, 0.29) is 4.90 Å². The van der Waals surface area contributed by atoms with Gasteiger partial charge in [-0.15, -0.1) is 0 Å². The fourth-order valence-corrected chi connectivity index (χ4v) is 4.90. The van der Waals surface area contributed by atoms with E-state index in [1.54, 1.807) is 18.2 Å². The molecule has 1 aliphatic heterocycles. The average Bonchev–Trinajstić information content (AvgIpc) is 2.97. The number of carbonyl (C=O) groups excluding carboxylic acids is 1. The van der Waals surface area contributed by atoms with Crippen LogP contribution in [0.15, 0.2) is 47.4 Å². The standard InChI is InChI=1S/C15H14ClNO3S/c16-15(18)17-9-3-6-14(17)21(19,20)13-8-7-11-4-1-2-5-12(11)10-13/h1-2,4-5,7-8,10,14H,3,6,9H2/t14-/m0/s1. The SMILES string of the molecule is O=C(Cl)N1CCC[C@@H]1S(=O)(=O)c1ccc2ccccc2c1. The van der Waals surface area contributed by atoms with Crippen LogP contribution in [0.4, 0.5) is 4.79 Å². The smallest absolute Gasteiger partial charge is 0.312 e. The minimum absolute atomic E-state index is 0.232. The minimum Gasteiger partial charge on any atom is -0.312 e. The highest BCUT2D eigenvalue weighted by Crippen LogP contribution is 2.30. The molecule has 1 aliphatic rings. The summed E-state index contributed by atoms with van der Waals surface area (Å²) in [5, 5.41) is 0.277. The predicted molar refractivity (Wildman–Crippen MR) is 82.1 cm³/mol. The zero-order valence-corrected chi connectivity index (χ0v) is 12.8. The molecule has 110 valence electrons. The Morgan fingerprint density at radius 3 is 2.57 bits per heavy atom. The Balaban J connectivity index is 2.05. The van der Waals surface area contributed by atoms with Crippen molar-refractivity contribution in [3.63, 3.8) is 0 Å². The lowest BCUT2D eigenvalue weighted by atomic mass is 10.1. The number of fused-ring (bicyclic) bond motifs is 1. The molecule has 0 spiro atoms. The first-order valence-electron chi connectivity index (χ1n) is 6.69. The third-order valence-corrected chi connectivity index (χ3v) is 6.17. The number of halogens is 1. The topological polar surface area (TPSA) is 54.5 Å². The van der Waals surface area contributed by atoms with Crippen molar-refractivity contribution >= 4 is 37.6 Å². The molecule has 1 saturated heterocycles. The van der Waals surface area contributed by atoms with Gasteiger partial charge in [-0.1, -0.05) is 30.3 Å². The summed E-state index contributed by atoms with van der Waals surface area (Å²) >= 11 is 5.49. The van der Waals surface area contributed by atoms with Crippen molar-refractivity contribution in [2.75, 3.05) is 6.54 Å². The van der Waals surface area contributed by atoms with Crippen LogP contribution >= 0.6 is 11.6 Å². The van der Waals surface area contributed by atoms with Gasteiger partial charge in [-0.25, -0.2) is 8.42 Å². The Bertz CT molecular complexity index is 803. The molecule has 2 aromatic carbocycles. The van der Waals surface area contributed by atoms with Crippen molar-refractivity contribution in [3.05, 3.63) is 42.5 Å². The van der Waals surface area contributed by atoms with E-state index in [1.165, 1.54) is 4.90 Å². The van der Waals surface area contributed by atoms with E-state index in [0.29, 0.717) is 19.4 Å². The lowest BCUT2D eigenvalue weighted by Gasteiger charge is -2.22. The number of carbonyl (C=O) groups is 1. The summed E-state index contributed by atoms with van der Waals surface area (Å²) in [5.74, 6) is 0. The Labute approximate surface area is 128 Å². The highest BCUT2D eigenvalue weighted by Gasteiger charge is 2.38. The van der Waals surface area contributed by atoms with E-state index in [4.69, 9.17) is 11.6 Å². The molecule has 0 saturated carbocycles. The quantitative estimate of drug-likeness (QED) is 0.628. The van der Waals surface area contributed by atoms with Gasteiger partial charge >= 0.3 is 5.37 Å². The molecule has 0 radical (unpaired) electrons.